The first-order valence-electron chi connectivity index (χ1n) is 21.3. The molecule has 0 bridgehead atoms. The molecule has 10 aromatic carbocycles. The minimum atomic E-state index is -0.129. The SMILES string of the molecule is CC1(C)c2ccccc2-c2ccc(N(c3ccc(-c4ccc(-c5ccccc5)cc4)cc3)c3ccc4c(c3)c3c5ccccc5c5ccccc5c3n4-c3ccccc3)cc21. The average molecular weight is 779 g/mol. The van der Waals surface area contributed by atoms with E-state index in [-0.39, 0.29) is 5.41 Å². The van der Waals surface area contributed by atoms with E-state index in [1.54, 1.807) is 0 Å². The van der Waals surface area contributed by atoms with Gasteiger partial charge in [0.05, 0.1) is 11.0 Å². The molecule has 0 amide bonds. The van der Waals surface area contributed by atoms with Crippen LogP contribution in [0.5, 0.6) is 0 Å². The van der Waals surface area contributed by atoms with Crippen molar-refractivity contribution in [3.05, 3.63) is 230 Å². The highest BCUT2D eigenvalue weighted by Crippen LogP contribution is 2.51. The number of nitrogens with zero attached hydrogens (tertiary/aromatic N) is 2. The lowest BCUT2D eigenvalue weighted by Gasteiger charge is -2.28. The Kier molecular flexibility index (Phi) is 7.92. The molecule has 12 rings (SSSR count). The van der Waals surface area contributed by atoms with Crippen LogP contribution in [0.1, 0.15) is 25.0 Å². The number of anilines is 3. The van der Waals surface area contributed by atoms with Crippen LogP contribution in [0.3, 0.4) is 0 Å². The fourth-order valence-corrected chi connectivity index (χ4v) is 10.2. The van der Waals surface area contributed by atoms with Gasteiger partial charge in [-0.1, -0.05) is 178 Å². The topological polar surface area (TPSA) is 8.17 Å². The summed E-state index contributed by atoms with van der Waals surface area (Å²) >= 11 is 0. The second-order valence-corrected chi connectivity index (χ2v) is 16.9. The third kappa shape index (κ3) is 5.49. The molecule has 61 heavy (non-hydrogen) atoms. The normalized spacial score (nSPS) is 12.9. The maximum absolute atomic E-state index is 2.47. The zero-order chi connectivity index (χ0) is 40.7. The van der Waals surface area contributed by atoms with Crippen LogP contribution in [0, 0.1) is 0 Å². The zero-order valence-corrected chi connectivity index (χ0v) is 34.2. The number of para-hydroxylation sites is 1. The molecule has 0 aliphatic heterocycles. The first kappa shape index (κ1) is 35.3. The van der Waals surface area contributed by atoms with Gasteiger partial charge in [0, 0.05) is 44.3 Å². The van der Waals surface area contributed by atoms with Crippen molar-refractivity contribution in [3.8, 4) is 39.1 Å². The highest BCUT2D eigenvalue weighted by atomic mass is 15.1. The van der Waals surface area contributed by atoms with Gasteiger partial charge in [0.15, 0.2) is 0 Å². The van der Waals surface area contributed by atoms with Gasteiger partial charge in [0.25, 0.3) is 0 Å². The highest BCUT2D eigenvalue weighted by molar-refractivity contribution is 6.32. The van der Waals surface area contributed by atoms with Gasteiger partial charge in [-0.2, -0.15) is 0 Å². The molecule has 0 saturated heterocycles. The lowest BCUT2D eigenvalue weighted by Crippen LogP contribution is -2.16. The molecule has 0 spiro atoms. The van der Waals surface area contributed by atoms with Crippen molar-refractivity contribution in [1.29, 1.82) is 0 Å². The molecule has 1 heterocycles. The molecule has 1 aromatic heterocycles. The first-order valence-corrected chi connectivity index (χ1v) is 21.3. The monoisotopic (exact) mass is 778 g/mol. The molecular formula is C59H42N2. The van der Waals surface area contributed by atoms with E-state index in [1.165, 1.54) is 87.9 Å². The molecule has 2 nitrogen and oxygen atoms in total. The molecule has 0 radical (unpaired) electrons. The van der Waals surface area contributed by atoms with Crippen LogP contribution in [0.25, 0.3) is 82.4 Å². The van der Waals surface area contributed by atoms with Gasteiger partial charge in [0.2, 0.25) is 0 Å². The number of aromatic nitrogens is 1. The number of rotatable bonds is 6. The van der Waals surface area contributed by atoms with Crippen molar-refractivity contribution >= 4 is 60.4 Å². The maximum Gasteiger partial charge on any atom is 0.0625 e. The molecule has 2 heteroatoms. The lowest BCUT2D eigenvalue weighted by molar-refractivity contribution is 0.660. The van der Waals surface area contributed by atoms with Crippen LogP contribution in [-0.4, -0.2) is 4.57 Å². The quantitative estimate of drug-likeness (QED) is 0.153. The molecule has 0 atom stereocenters. The van der Waals surface area contributed by atoms with Gasteiger partial charge in [-0.05, 0) is 115 Å². The van der Waals surface area contributed by atoms with Crippen molar-refractivity contribution in [2.45, 2.75) is 19.3 Å². The molecule has 1 aliphatic carbocycles. The molecule has 1 aliphatic rings. The summed E-state index contributed by atoms with van der Waals surface area (Å²) in [5.74, 6) is 0. The Bertz CT molecular complexity index is 3470. The molecule has 0 saturated carbocycles. The van der Waals surface area contributed by atoms with E-state index < -0.39 is 0 Å². The number of benzene rings is 10. The summed E-state index contributed by atoms with van der Waals surface area (Å²) in [5, 5.41) is 7.56. The van der Waals surface area contributed by atoms with Crippen molar-refractivity contribution in [1.82, 2.24) is 4.57 Å². The van der Waals surface area contributed by atoms with Crippen molar-refractivity contribution in [2.24, 2.45) is 0 Å². The second-order valence-electron chi connectivity index (χ2n) is 16.9. The van der Waals surface area contributed by atoms with Gasteiger partial charge in [0.1, 0.15) is 0 Å². The smallest absolute Gasteiger partial charge is 0.0625 e. The minimum absolute atomic E-state index is 0.129. The Morgan fingerprint density at radius 3 is 1.56 bits per heavy atom. The van der Waals surface area contributed by atoms with Crippen LogP contribution in [0.15, 0.2) is 218 Å². The van der Waals surface area contributed by atoms with E-state index in [0.717, 1.165) is 22.7 Å². The van der Waals surface area contributed by atoms with E-state index in [1.807, 2.05) is 0 Å². The van der Waals surface area contributed by atoms with Crippen LogP contribution < -0.4 is 4.90 Å². The number of fused-ring (bicyclic) bond motifs is 11. The molecule has 0 unspecified atom stereocenters. The Balaban J connectivity index is 1.08. The Morgan fingerprint density at radius 2 is 0.852 bits per heavy atom. The van der Waals surface area contributed by atoms with Crippen LogP contribution in [0.2, 0.25) is 0 Å². The third-order valence-corrected chi connectivity index (χ3v) is 13.2. The van der Waals surface area contributed by atoms with Gasteiger partial charge in [-0.15, -0.1) is 0 Å². The van der Waals surface area contributed by atoms with E-state index in [0.29, 0.717) is 0 Å². The minimum Gasteiger partial charge on any atom is -0.310 e. The maximum atomic E-state index is 2.47. The summed E-state index contributed by atoms with van der Waals surface area (Å²) < 4.78 is 2.47. The second kappa shape index (κ2) is 13.7. The predicted molar refractivity (Wildman–Crippen MR) is 259 cm³/mol. The Morgan fingerprint density at radius 1 is 0.361 bits per heavy atom. The molecule has 0 fully saturated rings. The summed E-state index contributed by atoms with van der Waals surface area (Å²) in [6.45, 7) is 4.73. The Labute approximate surface area is 356 Å². The fraction of sp³-hybridized carbons (Fsp3) is 0.0508. The summed E-state index contributed by atoms with van der Waals surface area (Å²) in [6.07, 6.45) is 0. The third-order valence-electron chi connectivity index (χ3n) is 13.2. The van der Waals surface area contributed by atoms with Crippen molar-refractivity contribution < 1.29 is 0 Å². The van der Waals surface area contributed by atoms with E-state index in [9.17, 15) is 0 Å². The van der Waals surface area contributed by atoms with Gasteiger partial charge >= 0.3 is 0 Å². The van der Waals surface area contributed by atoms with E-state index >= 15 is 0 Å². The van der Waals surface area contributed by atoms with E-state index in [4.69, 9.17) is 0 Å². The average Bonchev–Trinajstić information content (AvgIpc) is 3.79. The fourth-order valence-electron chi connectivity index (χ4n) is 10.2. The Hall–Kier alpha value is -7.68. The number of hydrogen-bond acceptors (Lipinski definition) is 1. The lowest BCUT2D eigenvalue weighted by atomic mass is 9.82. The molecule has 288 valence electrons. The zero-order valence-electron chi connectivity index (χ0n) is 34.2. The molecular weight excluding hydrogens is 737 g/mol. The van der Waals surface area contributed by atoms with E-state index in [2.05, 4.69) is 242 Å². The van der Waals surface area contributed by atoms with Crippen LogP contribution in [0.4, 0.5) is 17.1 Å². The summed E-state index contributed by atoms with van der Waals surface area (Å²) in [4.78, 5) is 2.45. The van der Waals surface area contributed by atoms with Crippen LogP contribution in [-0.2, 0) is 5.41 Å². The van der Waals surface area contributed by atoms with Crippen molar-refractivity contribution in [2.75, 3.05) is 4.90 Å². The summed E-state index contributed by atoms with van der Waals surface area (Å²) in [7, 11) is 0. The molecule has 0 N–H and O–H groups in total. The number of hydrogen-bond donors (Lipinski definition) is 0. The van der Waals surface area contributed by atoms with Crippen LogP contribution >= 0.6 is 0 Å². The highest BCUT2D eigenvalue weighted by Gasteiger charge is 2.36. The predicted octanol–water partition coefficient (Wildman–Crippen LogP) is 16.2. The summed E-state index contributed by atoms with van der Waals surface area (Å²) in [6, 6.07) is 80.3. The first-order chi connectivity index (χ1) is 30.0. The van der Waals surface area contributed by atoms with Gasteiger partial charge in [-0.25, -0.2) is 0 Å². The standard InChI is InChI=1S/C59H42N2/c1-59(2)54-24-14-13-21-49(54)50-35-33-46(38-55(50)59)60(44-31-29-42(30-32-44)41-27-25-40(26-28-41)39-15-5-3-6-16-39)45-34-36-56-53(37-45)57-51-22-11-9-19-47(51)48-20-10-12-23-52(48)58(57)61(56)43-17-7-4-8-18-43/h3-38H,1-2H3. The molecule has 11 aromatic rings. The summed E-state index contributed by atoms with van der Waals surface area (Å²) in [5.41, 5.74) is 17.0. The van der Waals surface area contributed by atoms with Gasteiger partial charge in [-0.3, -0.25) is 0 Å². The van der Waals surface area contributed by atoms with Gasteiger partial charge < -0.3 is 9.47 Å². The van der Waals surface area contributed by atoms with Crippen molar-refractivity contribution in [3.63, 3.8) is 0 Å². The largest absolute Gasteiger partial charge is 0.310 e.